The Morgan fingerprint density at radius 1 is 1.39 bits per heavy atom. The third-order valence-corrected chi connectivity index (χ3v) is 2.53. The monoisotopic (exact) mass is 273 g/mol. The van der Waals surface area contributed by atoms with Gasteiger partial charge in [-0.2, -0.15) is 0 Å². The predicted molar refractivity (Wildman–Crippen MR) is 65.0 cm³/mol. The lowest BCUT2D eigenvalue weighted by Gasteiger charge is -2.04. The number of nitrogens with one attached hydrogen (secondary N) is 1. The Balaban J connectivity index is 2.35. The van der Waals surface area contributed by atoms with Crippen LogP contribution in [0.15, 0.2) is 18.2 Å². The van der Waals surface area contributed by atoms with Gasteiger partial charge in [0.15, 0.2) is 0 Å². The summed E-state index contributed by atoms with van der Waals surface area (Å²) in [7, 11) is 0. The highest BCUT2D eigenvalue weighted by Crippen LogP contribution is 2.16. The molecule has 18 heavy (non-hydrogen) atoms. The van der Waals surface area contributed by atoms with Gasteiger partial charge in [-0.1, -0.05) is 11.6 Å². The second-order valence-corrected chi connectivity index (χ2v) is 4.20. The summed E-state index contributed by atoms with van der Waals surface area (Å²) in [6, 6.07) is 4.26. The van der Waals surface area contributed by atoms with Crippen LogP contribution in [0.3, 0.4) is 0 Å². The van der Waals surface area contributed by atoms with Crippen LogP contribution < -0.4 is 5.32 Å². The van der Waals surface area contributed by atoms with Crippen LogP contribution >= 0.6 is 11.6 Å². The normalized spacial score (nSPS) is 10.1. The van der Waals surface area contributed by atoms with Crippen LogP contribution in [0.5, 0.6) is 0 Å². The molecule has 0 unspecified atom stereocenters. The second-order valence-electron chi connectivity index (χ2n) is 3.76. The maximum atomic E-state index is 13.3. The topological polar surface area (TPSA) is 66.4 Å². The van der Waals surface area contributed by atoms with Gasteiger partial charge in [0.2, 0.25) is 5.91 Å². The number of carbonyl (C=O) groups is 2. The van der Waals surface area contributed by atoms with Gasteiger partial charge < -0.3 is 10.4 Å². The molecule has 0 bridgehead atoms. The largest absolute Gasteiger partial charge is 0.480 e. The number of halogens is 2. The zero-order valence-electron chi connectivity index (χ0n) is 9.58. The fraction of sp³-hybridized carbons (Fsp3) is 0.333. The van der Waals surface area contributed by atoms with Crippen LogP contribution in [0.4, 0.5) is 4.39 Å². The zero-order chi connectivity index (χ0) is 13.5. The molecule has 0 radical (unpaired) electrons. The SMILES string of the molecule is O=C(O)CNC(=O)CCCc1cc(Cl)ccc1F. The molecule has 1 amide bonds. The van der Waals surface area contributed by atoms with Gasteiger partial charge in [0, 0.05) is 11.4 Å². The van der Waals surface area contributed by atoms with E-state index in [4.69, 9.17) is 16.7 Å². The number of benzene rings is 1. The van der Waals surface area contributed by atoms with E-state index in [9.17, 15) is 14.0 Å². The molecule has 0 aliphatic carbocycles. The standard InChI is InChI=1S/C12H13ClFNO3/c13-9-4-5-10(14)8(6-9)2-1-3-11(16)15-7-12(17)18/h4-6H,1-3,7H2,(H,15,16)(H,17,18). The molecular formula is C12H13ClFNO3. The number of aliphatic carboxylic acids is 1. The minimum absolute atomic E-state index is 0.152. The molecule has 0 atom stereocenters. The lowest BCUT2D eigenvalue weighted by molar-refractivity contribution is -0.137. The van der Waals surface area contributed by atoms with Crippen molar-refractivity contribution in [3.8, 4) is 0 Å². The Hall–Kier alpha value is -1.62. The van der Waals surface area contributed by atoms with Crippen molar-refractivity contribution in [3.63, 3.8) is 0 Å². The molecule has 0 saturated heterocycles. The van der Waals surface area contributed by atoms with Crippen LogP contribution in [0.25, 0.3) is 0 Å². The van der Waals surface area contributed by atoms with Gasteiger partial charge in [-0.15, -0.1) is 0 Å². The van der Waals surface area contributed by atoms with Gasteiger partial charge in [0.05, 0.1) is 0 Å². The first-order valence-corrected chi connectivity index (χ1v) is 5.79. The molecule has 0 saturated carbocycles. The number of carboxylic acids is 1. The summed E-state index contributed by atoms with van der Waals surface area (Å²) < 4.78 is 13.3. The molecule has 98 valence electrons. The first-order chi connectivity index (χ1) is 8.49. The third kappa shape index (κ3) is 5.14. The van der Waals surface area contributed by atoms with Crippen molar-refractivity contribution in [2.24, 2.45) is 0 Å². The van der Waals surface area contributed by atoms with Crippen molar-refractivity contribution in [2.45, 2.75) is 19.3 Å². The van der Waals surface area contributed by atoms with Crippen molar-refractivity contribution in [2.75, 3.05) is 6.54 Å². The van der Waals surface area contributed by atoms with Gasteiger partial charge in [0.25, 0.3) is 0 Å². The number of hydrogen-bond acceptors (Lipinski definition) is 2. The summed E-state index contributed by atoms with van der Waals surface area (Å²) in [4.78, 5) is 21.4. The Kier molecular flexibility index (Phi) is 5.58. The molecule has 1 aromatic carbocycles. The Bertz CT molecular complexity index is 451. The Morgan fingerprint density at radius 3 is 2.78 bits per heavy atom. The van der Waals surface area contributed by atoms with Gasteiger partial charge in [0.1, 0.15) is 12.4 Å². The minimum Gasteiger partial charge on any atom is -0.480 e. The molecule has 4 nitrogen and oxygen atoms in total. The van der Waals surface area contributed by atoms with E-state index in [1.165, 1.54) is 18.2 Å². The summed E-state index contributed by atoms with van der Waals surface area (Å²) in [6.07, 6.45) is 0.967. The molecule has 0 aliphatic rings. The third-order valence-electron chi connectivity index (χ3n) is 2.29. The fourth-order valence-corrected chi connectivity index (χ4v) is 1.63. The highest BCUT2D eigenvalue weighted by atomic mass is 35.5. The molecule has 0 heterocycles. The van der Waals surface area contributed by atoms with Crippen molar-refractivity contribution in [3.05, 3.63) is 34.6 Å². The molecule has 1 aromatic rings. The van der Waals surface area contributed by atoms with E-state index in [1.54, 1.807) is 0 Å². The van der Waals surface area contributed by atoms with E-state index < -0.39 is 12.5 Å². The van der Waals surface area contributed by atoms with Gasteiger partial charge in [-0.3, -0.25) is 9.59 Å². The highest BCUT2D eigenvalue weighted by molar-refractivity contribution is 6.30. The summed E-state index contributed by atoms with van der Waals surface area (Å²) in [5, 5.41) is 11.0. The van der Waals surface area contributed by atoms with Crippen molar-refractivity contribution in [1.29, 1.82) is 0 Å². The quantitative estimate of drug-likeness (QED) is 0.833. The number of aryl methyl sites for hydroxylation is 1. The molecule has 0 aromatic heterocycles. The lowest BCUT2D eigenvalue weighted by Crippen LogP contribution is -2.29. The Morgan fingerprint density at radius 2 is 2.11 bits per heavy atom. The first kappa shape index (κ1) is 14.4. The van der Waals surface area contributed by atoms with Crippen molar-refractivity contribution >= 4 is 23.5 Å². The van der Waals surface area contributed by atoms with Crippen molar-refractivity contribution < 1.29 is 19.1 Å². The fourth-order valence-electron chi connectivity index (χ4n) is 1.44. The summed E-state index contributed by atoms with van der Waals surface area (Å²) in [5.74, 6) is -1.81. The van der Waals surface area contributed by atoms with Crippen LogP contribution in [0, 0.1) is 5.82 Å². The summed E-state index contributed by atoms with van der Waals surface area (Å²) in [6.45, 7) is -0.398. The van der Waals surface area contributed by atoms with E-state index in [2.05, 4.69) is 5.32 Å². The smallest absolute Gasteiger partial charge is 0.322 e. The number of rotatable bonds is 6. The van der Waals surface area contributed by atoms with Crippen LogP contribution in [-0.4, -0.2) is 23.5 Å². The zero-order valence-corrected chi connectivity index (χ0v) is 10.3. The molecule has 0 fully saturated rings. The first-order valence-electron chi connectivity index (χ1n) is 5.41. The summed E-state index contributed by atoms with van der Waals surface area (Å²) in [5.41, 5.74) is 0.452. The molecule has 0 spiro atoms. The average molecular weight is 274 g/mol. The van der Waals surface area contributed by atoms with Crippen LogP contribution in [0.1, 0.15) is 18.4 Å². The molecule has 0 aliphatic heterocycles. The van der Waals surface area contributed by atoms with Gasteiger partial charge in [-0.05, 0) is 36.6 Å². The maximum Gasteiger partial charge on any atom is 0.322 e. The Labute approximate surface area is 109 Å². The van der Waals surface area contributed by atoms with Gasteiger partial charge in [-0.25, -0.2) is 4.39 Å². The van der Waals surface area contributed by atoms with E-state index in [0.29, 0.717) is 23.4 Å². The molecule has 1 rings (SSSR count). The van der Waals surface area contributed by atoms with E-state index in [0.717, 1.165) is 0 Å². The summed E-state index contributed by atoms with van der Waals surface area (Å²) >= 11 is 5.73. The highest BCUT2D eigenvalue weighted by Gasteiger charge is 2.06. The lowest BCUT2D eigenvalue weighted by atomic mass is 10.1. The van der Waals surface area contributed by atoms with E-state index in [-0.39, 0.29) is 18.1 Å². The second kappa shape index (κ2) is 6.96. The van der Waals surface area contributed by atoms with Crippen molar-refractivity contribution in [1.82, 2.24) is 5.32 Å². The average Bonchev–Trinajstić information content (AvgIpc) is 2.31. The van der Waals surface area contributed by atoms with E-state index in [1.807, 2.05) is 0 Å². The molecule has 6 heteroatoms. The number of carboxylic acid groups (broad SMARTS) is 1. The van der Waals surface area contributed by atoms with E-state index >= 15 is 0 Å². The number of carbonyl (C=O) groups excluding carboxylic acids is 1. The number of hydrogen-bond donors (Lipinski definition) is 2. The predicted octanol–water partition coefficient (Wildman–Crippen LogP) is 2.00. The van der Waals surface area contributed by atoms with Crippen LogP contribution in [-0.2, 0) is 16.0 Å². The molecular weight excluding hydrogens is 261 g/mol. The number of amides is 1. The molecule has 2 N–H and O–H groups in total. The maximum absolute atomic E-state index is 13.3. The minimum atomic E-state index is -1.09. The van der Waals surface area contributed by atoms with Gasteiger partial charge >= 0.3 is 5.97 Å². The van der Waals surface area contributed by atoms with Crippen LogP contribution in [0.2, 0.25) is 5.02 Å².